The third-order valence-electron chi connectivity index (χ3n) is 3.47. The topological polar surface area (TPSA) is 51.5 Å². The second-order valence-corrected chi connectivity index (χ2v) is 5.00. The van der Waals surface area contributed by atoms with Gasteiger partial charge in [-0.25, -0.2) is 0 Å². The summed E-state index contributed by atoms with van der Waals surface area (Å²) in [7, 11) is 1.63. The fraction of sp³-hybridized carbons (Fsp3) is 0.316. The van der Waals surface area contributed by atoms with Crippen molar-refractivity contribution in [3.05, 3.63) is 54.1 Å². The summed E-state index contributed by atoms with van der Waals surface area (Å²) in [6.45, 7) is 3.04. The van der Waals surface area contributed by atoms with Crippen LogP contribution < -0.4 is 14.2 Å². The first-order chi connectivity index (χ1) is 11.3. The van der Waals surface area contributed by atoms with Crippen molar-refractivity contribution < 1.29 is 14.2 Å². The van der Waals surface area contributed by atoms with E-state index in [1.54, 1.807) is 7.11 Å². The van der Waals surface area contributed by atoms with Crippen molar-refractivity contribution >= 4 is 0 Å². The monoisotopic (exact) mass is 311 g/mol. The van der Waals surface area contributed by atoms with Crippen molar-refractivity contribution in [1.82, 2.24) is 0 Å². The number of benzene rings is 2. The van der Waals surface area contributed by atoms with Gasteiger partial charge in [0.2, 0.25) is 0 Å². The number of ether oxygens (including phenoxy) is 3. The van der Waals surface area contributed by atoms with E-state index in [1.165, 1.54) is 0 Å². The van der Waals surface area contributed by atoms with Crippen LogP contribution in [-0.2, 0) is 0 Å². The molecule has 1 unspecified atom stereocenters. The fourth-order valence-corrected chi connectivity index (χ4v) is 2.26. The Balaban J connectivity index is 1.90. The van der Waals surface area contributed by atoms with Crippen LogP contribution in [0.3, 0.4) is 0 Å². The Hall–Kier alpha value is -2.67. The first-order valence-corrected chi connectivity index (χ1v) is 7.66. The minimum Gasteiger partial charge on any atom is -0.497 e. The van der Waals surface area contributed by atoms with Crippen LogP contribution in [0.25, 0.3) is 0 Å². The van der Waals surface area contributed by atoms with E-state index in [0.717, 1.165) is 22.8 Å². The molecule has 2 rings (SSSR count). The summed E-state index contributed by atoms with van der Waals surface area (Å²) in [6.07, 6.45) is 0.627. The van der Waals surface area contributed by atoms with E-state index in [0.29, 0.717) is 19.6 Å². The lowest BCUT2D eigenvalue weighted by Gasteiger charge is -2.12. The average molecular weight is 311 g/mol. The van der Waals surface area contributed by atoms with Gasteiger partial charge in [-0.15, -0.1) is 0 Å². The van der Waals surface area contributed by atoms with Gasteiger partial charge in [-0.05, 0) is 36.8 Å². The zero-order valence-electron chi connectivity index (χ0n) is 13.5. The molecule has 0 heterocycles. The molecule has 0 aliphatic carbocycles. The molecule has 0 aromatic heterocycles. The molecule has 4 nitrogen and oxygen atoms in total. The second-order valence-electron chi connectivity index (χ2n) is 5.00. The molecule has 0 saturated heterocycles. The van der Waals surface area contributed by atoms with Crippen molar-refractivity contribution in [1.29, 1.82) is 5.26 Å². The number of methoxy groups -OCH3 is 1. The van der Waals surface area contributed by atoms with Gasteiger partial charge in [0.15, 0.2) is 0 Å². The molecule has 0 bridgehead atoms. The third-order valence-corrected chi connectivity index (χ3v) is 3.47. The summed E-state index contributed by atoms with van der Waals surface area (Å²) in [6, 6.07) is 17.4. The van der Waals surface area contributed by atoms with Gasteiger partial charge in [-0.3, -0.25) is 0 Å². The molecular weight excluding hydrogens is 290 g/mol. The van der Waals surface area contributed by atoms with Gasteiger partial charge in [0.1, 0.15) is 17.2 Å². The number of hydrogen-bond acceptors (Lipinski definition) is 4. The SMILES string of the molecule is CCOc1cccc(OCCC(C#N)c2ccc(OC)cc2)c1. The van der Waals surface area contributed by atoms with Gasteiger partial charge in [-0.1, -0.05) is 18.2 Å². The minimum atomic E-state index is -0.198. The maximum Gasteiger partial charge on any atom is 0.122 e. The number of hydrogen-bond donors (Lipinski definition) is 0. The van der Waals surface area contributed by atoms with E-state index in [9.17, 15) is 5.26 Å². The Labute approximate surface area is 137 Å². The highest BCUT2D eigenvalue weighted by Gasteiger charge is 2.11. The summed E-state index contributed by atoms with van der Waals surface area (Å²) in [4.78, 5) is 0. The van der Waals surface area contributed by atoms with Crippen molar-refractivity contribution in [3.8, 4) is 23.3 Å². The Morgan fingerprint density at radius 2 is 1.70 bits per heavy atom. The Morgan fingerprint density at radius 1 is 1.00 bits per heavy atom. The van der Waals surface area contributed by atoms with Crippen molar-refractivity contribution in [2.24, 2.45) is 0 Å². The minimum absolute atomic E-state index is 0.198. The predicted molar refractivity (Wildman–Crippen MR) is 89.1 cm³/mol. The van der Waals surface area contributed by atoms with E-state index >= 15 is 0 Å². The van der Waals surface area contributed by atoms with Crippen molar-refractivity contribution in [3.63, 3.8) is 0 Å². The summed E-state index contributed by atoms with van der Waals surface area (Å²) >= 11 is 0. The highest BCUT2D eigenvalue weighted by Crippen LogP contribution is 2.23. The molecule has 0 aliphatic heterocycles. The molecule has 0 aliphatic rings. The van der Waals surface area contributed by atoms with Crippen LogP contribution in [0.15, 0.2) is 48.5 Å². The van der Waals surface area contributed by atoms with Crippen LogP contribution in [0, 0.1) is 11.3 Å². The molecule has 0 amide bonds. The van der Waals surface area contributed by atoms with Gasteiger partial charge < -0.3 is 14.2 Å². The molecule has 2 aromatic carbocycles. The lowest BCUT2D eigenvalue weighted by molar-refractivity contribution is 0.300. The molecule has 1 atom stereocenters. The highest BCUT2D eigenvalue weighted by molar-refractivity contribution is 5.33. The van der Waals surface area contributed by atoms with Gasteiger partial charge in [0.25, 0.3) is 0 Å². The van der Waals surface area contributed by atoms with Crippen LogP contribution in [0.2, 0.25) is 0 Å². The van der Waals surface area contributed by atoms with Crippen LogP contribution in [0.1, 0.15) is 24.8 Å². The lowest BCUT2D eigenvalue weighted by Crippen LogP contribution is -2.04. The number of rotatable bonds is 8. The van der Waals surface area contributed by atoms with Crippen LogP contribution in [-0.4, -0.2) is 20.3 Å². The largest absolute Gasteiger partial charge is 0.497 e. The molecule has 0 saturated carbocycles. The highest BCUT2D eigenvalue weighted by atomic mass is 16.5. The summed E-state index contributed by atoms with van der Waals surface area (Å²) in [5, 5.41) is 9.36. The second kappa shape index (κ2) is 8.70. The predicted octanol–water partition coefficient (Wildman–Crippen LogP) is 4.17. The van der Waals surface area contributed by atoms with E-state index in [-0.39, 0.29) is 5.92 Å². The van der Waals surface area contributed by atoms with Crippen LogP contribution in [0.4, 0.5) is 0 Å². The van der Waals surface area contributed by atoms with E-state index in [2.05, 4.69) is 6.07 Å². The maximum absolute atomic E-state index is 9.36. The van der Waals surface area contributed by atoms with Crippen molar-refractivity contribution in [2.75, 3.05) is 20.3 Å². The van der Waals surface area contributed by atoms with Gasteiger partial charge in [0, 0.05) is 12.5 Å². The summed E-state index contributed by atoms with van der Waals surface area (Å²) < 4.78 is 16.3. The molecule has 4 heteroatoms. The third kappa shape index (κ3) is 4.93. The van der Waals surface area contributed by atoms with Gasteiger partial charge in [0.05, 0.1) is 32.3 Å². The average Bonchev–Trinajstić information content (AvgIpc) is 2.60. The first-order valence-electron chi connectivity index (χ1n) is 7.66. The molecule has 0 fully saturated rings. The van der Waals surface area contributed by atoms with E-state index in [1.807, 2.05) is 55.5 Å². The zero-order valence-corrected chi connectivity index (χ0v) is 13.5. The molecule has 2 aromatic rings. The van der Waals surface area contributed by atoms with Crippen LogP contribution >= 0.6 is 0 Å². The van der Waals surface area contributed by atoms with Gasteiger partial charge in [-0.2, -0.15) is 5.26 Å². The van der Waals surface area contributed by atoms with Crippen molar-refractivity contribution in [2.45, 2.75) is 19.3 Å². The first kappa shape index (κ1) is 16.7. The normalized spacial score (nSPS) is 11.3. The lowest BCUT2D eigenvalue weighted by atomic mass is 9.97. The molecule has 0 radical (unpaired) electrons. The quantitative estimate of drug-likeness (QED) is 0.734. The molecular formula is C19H21NO3. The Morgan fingerprint density at radius 3 is 2.30 bits per heavy atom. The molecule has 120 valence electrons. The van der Waals surface area contributed by atoms with E-state index < -0.39 is 0 Å². The molecule has 23 heavy (non-hydrogen) atoms. The molecule has 0 spiro atoms. The smallest absolute Gasteiger partial charge is 0.122 e. The summed E-state index contributed by atoms with van der Waals surface area (Å²) in [5.74, 6) is 2.13. The maximum atomic E-state index is 9.36. The number of nitriles is 1. The Kier molecular flexibility index (Phi) is 6.31. The van der Waals surface area contributed by atoms with Gasteiger partial charge >= 0.3 is 0 Å². The van der Waals surface area contributed by atoms with Crippen LogP contribution in [0.5, 0.6) is 17.2 Å². The number of nitrogens with zero attached hydrogens (tertiary/aromatic N) is 1. The Bertz CT molecular complexity index is 646. The zero-order chi connectivity index (χ0) is 16.5. The fourth-order valence-electron chi connectivity index (χ4n) is 2.26. The van der Waals surface area contributed by atoms with E-state index in [4.69, 9.17) is 14.2 Å². The summed E-state index contributed by atoms with van der Waals surface area (Å²) in [5.41, 5.74) is 0.972. The molecule has 0 N–H and O–H groups in total. The standard InChI is InChI=1S/C19H21NO3/c1-3-22-18-5-4-6-19(13-18)23-12-11-16(14-20)15-7-9-17(21-2)10-8-15/h4-10,13,16H,3,11-12H2,1-2H3.